The van der Waals surface area contributed by atoms with Crippen molar-refractivity contribution in [2.45, 2.75) is 34.2 Å². The first-order chi connectivity index (χ1) is 13.7. The number of rotatable bonds is 4. The van der Waals surface area contributed by atoms with E-state index in [0.29, 0.717) is 6.54 Å². The van der Waals surface area contributed by atoms with Crippen LogP contribution in [0.25, 0.3) is 11.3 Å². The lowest BCUT2D eigenvalue weighted by Crippen LogP contribution is -2.31. The number of hydrogen-bond acceptors (Lipinski definition) is 2. The summed E-state index contributed by atoms with van der Waals surface area (Å²) in [7, 11) is 3.70. The van der Waals surface area contributed by atoms with Crippen LogP contribution in [0.15, 0.2) is 41.0 Å². The van der Waals surface area contributed by atoms with Gasteiger partial charge in [-0.05, 0) is 83.6 Å². The number of nitrogens with zero attached hydrogens (tertiary/aromatic N) is 3. The van der Waals surface area contributed by atoms with Crippen molar-refractivity contribution >= 4 is 27.6 Å². The van der Waals surface area contributed by atoms with Gasteiger partial charge in [0.2, 0.25) is 0 Å². The lowest BCUT2D eigenvalue weighted by atomic mass is 9.94. The van der Waals surface area contributed by atoms with Crippen molar-refractivity contribution in [1.29, 1.82) is 0 Å². The minimum absolute atomic E-state index is 0.141. The van der Waals surface area contributed by atoms with Gasteiger partial charge in [-0.2, -0.15) is 5.10 Å². The van der Waals surface area contributed by atoms with Gasteiger partial charge in [0.1, 0.15) is 5.69 Å². The maximum atomic E-state index is 12.8. The van der Waals surface area contributed by atoms with Crippen LogP contribution in [0.2, 0.25) is 0 Å². The van der Waals surface area contributed by atoms with Gasteiger partial charge in [-0.15, -0.1) is 0 Å². The molecule has 6 heteroatoms. The van der Waals surface area contributed by atoms with Crippen LogP contribution in [-0.4, -0.2) is 27.8 Å². The Morgan fingerprint density at radius 3 is 2.52 bits per heavy atom. The second-order valence-electron chi connectivity index (χ2n) is 7.59. The standard InChI is InChI=1S/C23H27BrN4O/c1-14-10-19(17(4)16(3)15(14)2)12-27(5)23(29)25-20-9-7-8-18(11-20)22-21(24)13-28(6)26-22/h7-11,13H,12H2,1-6H3,(H,25,29). The number of benzene rings is 2. The number of halogens is 1. The number of nitrogens with one attached hydrogen (secondary N) is 1. The molecule has 29 heavy (non-hydrogen) atoms. The maximum Gasteiger partial charge on any atom is 0.321 e. The minimum Gasteiger partial charge on any atom is -0.323 e. The molecule has 1 N–H and O–H groups in total. The van der Waals surface area contributed by atoms with Crippen LogP contribution in [0.4, 0.5) is 10.5 Å². The fraction of sp³-hybridized carbons (Fsp3) is 0.304. The Hall–Kier alpha value is -2.60. The average molecular weight is 455 g/mol. The summed E-state index contributed by atoms with van der Waals surface area (Å²) in [6.45, 7) is 9.09. The van der Waals surface area contributed by atoms with Crippen molar-refractivity contribution in [2.24, 2.45) is 7.05 Å². The van der Waals surface area contributed by atoms with E-state index in [4.69, 9.17) is 0 Å². The number of urea groups is 1. The third-order valence-corrected chi connectivity index (χ3v) is 6.09. The van der Waals surface area contributed by atoms with E-state index in [9.17, 15) is 4.79 Å². The van der Waals surface area contributed by atoms with Gasteiger partial charge in [-0.25, -0.2) is 4.79 Å². The normalized spacial score (nSPS) is 10.9. The van der Waals surface area contributed by atoms with Gasteiger partial charge in [0.15, 0.2) is 0 Å². The van der Waals surface area contributed by atoms with E-state index in [1.807, 2.05) is 44.6 Å². The molecule has 5 nitrogen and oxygen atoms in total. The molecule has 0 saturated heterocycles. The highest BCUT2D eigenvalue weighted by molar-refractivity contribution is 9.10. The van der Waals surface area contributed by atoms with Crippen LogP contribution in [0.3, 0.4) is 0 Å². The lowest BCUT2D eigenvalue weighted by molar-refractivity contribution is 0.220. The number of amides is 2. The molecule has 1 heterocycles. The topological polar surface area (TPSA) is 50.2 Å². The zero-order valence-electron chi connectivity index (χ0n) is 17.8. The third-order valence-electron chi connectivity index (χ3n) is 5.51. The summed E-state index contributed by atoms with van der Waals surface area (Å²) in [5, 5.41) is 7.47. The highest BCUT2D eigenvalue weighted by Gasteiger charge is 2.14. The number of anilines is 1. The Bertz CT molecular complexity index is 1070. The molecule has 0 aliphatic rings. The van der Waals surface area contributed by atoms with Crippen LogP contribution in [-0.2, 0) is 13.6 Å². The quantitative estimate of drug-likeness (QED) is 0.545. The summed E-state index contributed by atoms with van der Waals surface area (Å²) in [5.41, 5.74) is 8.81. The van der Waals surface area contributed by atoms with E-state index in [1.54, 1.807) is 9.58 Å². The van der Waals surface area contributed by atoms with Crippen LogP contribution >= 0.6 is 15.9 Å². The van der Waals surface area contributed by atoms with Crippen LogP contribution in [0.1, 0.15) is 27.8 Å². The molecule has 0 spiro atoms. The van der Waals surface area contributed by atoms with E-state index in [-0.39, 0.29) is 6.03 Å². The van der Waals surface area contributed by atoms with E-state index < -0.39 is 0 Å². The molecule has 0 bridgehead atoms. The summed E-state index contributed by atoms with van der Waals surface area (Å²) < 4.78 is 2.67. The Labute approximate surface area is 180 Å². The summed E-state index contributed by atoms with van der Waals surface area (Å²) in [6, 6.07) is 9.76. The summed E-state index contributed by atoms with van der Waals surface area (Å²) in [5.74, 6) is 0. The molecule has 0 fully saturated rings. The summed E-state index contributed by atoms with van der Waals surface area (Å²) >= 11 is 3.53. The Morgan fingerprint density at radius 2 is 1.86 bits per heavy atom. The zero-order chi connectivity index (χ0) is 21.3. The van der Waals surface area contributed by atoms with Crippen molar-refractivity contribution in [3.63, 3.8) is 0 Å². The van der Waals surface area contributed by atoms with Gasteiger partial charge in [0, 0.05) is 38.1 Å². The average Bonchev–Trinajstić information content (AvgIpc) is 3.02. The second-order valence-corrected chi connectivity index (χ2v) is 8.45. The fourth-order valence-electron chi connectivity index (χ4n) is 3.41. The Kier molecular flexibility index (Phi) is 6.13. The summed E-state index contributed by atoms with van der Waals surface area (Å²) in [4.78, 5) is 14.5. The molecule has 0 aliphatic carbocycles. The number of carbonyl (C=O) groups excluding carboxylic acids is 1. The van der Waals surface area contributed by atoms with Crippen LogP contribution < -0.4 is 5.32 Å². The molecular formula is C23H27BrN4O. The van der Waals surface area contributed by atoms with Gasteiger partial charge >= 0.3 is 6.03 Å². The van der Waals surface area contributed by atoms with Crippen LogP contribution in [0, 0.1) is 27.7 Å². The third kappa shape index (κ3) is 4.53. The van der Waals surface area contributed by atoms with Crippen molar-refractivity contribution in [2.75, 3.05) is 12.4 Å². The first kappa shape index (κ1) is 21.1. The monoisotopic (exact) mass is 454 g/mol. The number of aryl methyl sites for hydroxylation is 2. The minimum atomic E-state index is -0.141. The molecule has 3 aromatic rings. The summed E-state index contributed by atoms with van der Waals surface area (Å²) in [6.07, 6.45) is 1.91. The predicted molar refractivity (Wildman–Crippen MR) is 122 cm³/mol. The number of aromatic nitrogens is 2. The van der Waals surface area contributed by atoms with Gasteiger partial charge in [0.05, 0.1) is 4.47 Å². The Morgan fingerprint density at radius 1 is 1.14 bits per heavy atom. The van der Waals surface area contributed by atoms with Crippen molar-refractivity contribution < 1.29 is 4.79 Å². The second kappa shape index (κ2) is 8.41. The Balaban J connectivity index is 1.75. The van der Waals surface area contributed by atoms with Gasteiger partial charge < -0.3 is 10.2 Å². The van der Waals surface area contributed by atoms with Gasteiger partial charge in [-0.1, -0.05) is 18.2 Å². The smallest absolute Gasteiger partial charge is 0.321 e. The largest absolute Gasteiger partial charge is 0.323 e. The van der Waals surface area contributed by atoms with Crippen molar-refractivity contribution in [3.05, 3.63) is 68.8 Å². The van der Waals surface area contributed by atoms with E-state index in [2.05, 4.69) is 60.1 Å². The molecule has 152 valence electrons. The first-order valence-electron chi connectivity index (χ1n) is 9.55. The fourth-order valence-corrected chi connectivity index (χ4v) is 4.01. The molecular weight excluding hydrogens is 428 g/mol. The molecule has 2 amide bonds. The molecule has 3 rings (SSSR count). The molecule has 0 radical (unpaired) electrons. The number of carbonyl (C=O) groups is 1. The molecule has 0 saturated carbocycles. The maximum absolute atomic E-state index is 12.8. The molecule has 0 atom stereocenters. The molecule has 1 aromatic heterocycles. The number of hydrogen-bond donors (Lipinski definition) is 1. The van der Waals surface area contributed by atoms with E-state index in [1.165, 1.54) is 27.8 Å². The zero-order valence-corrected chi connectivity index (χ0v) is 19.4. The van der Waals surface area contributed by atoms with E-state index >= 15 is 0 Å². The van der Waals surface area contributed by atoms with E-state index in [0.717, 1.165) is 21.4 Å². The first-order valence-corrected chi connectivity index (χ1v) is 10.3. The van der Waals surface area contributed by atoms with Gasteiger partial charge in [0.25, 0.3) is 0 Å². The van der Waals surface area contributed by atoms with Crippen molar-refractivity contribution in [1.82, 2.24) is 14.7 Å². The van der Waals surface area contributed by atoms with Crippen molar-refractivity contribution in [3.8, 4) is 11.3 Å². The highest BCUT2D eigenvalue weighted by Crippen LogP contribution is 2.28. The molecule has 0 unspecified atom stereocenters. The molecule has 2 aromatic carbocycles. The highest BCUT2D eigenvalue weighted by atomic mass is 79.9. The van der Waals surface area contributed by atoms with Crippen LogP contribution in [0.5, 0.6) is 0 Å². The predicted octanol–water partition coefficient (Wildman–Crippen LogP) is 5.75. The lowest BCUT2D eigenvalue weighted by Gasteiger charge is -2.21. The SMILES string of the molecule is Cc1cc(CN(C)C(=O)Nc2cccc(-c3nn(C)cc3Br)c2)c(C)c(C)c1C. The molecule has 0 aliphatic heterocycles. The van der Waals surface area contributed by atoms with Gasteiger partial charge in [-0.3, -0.25) is 4.68 Å².